The average Bonchev–Trinajstić information content (AvgIpc) is 2.10. The van der Waals surface area contributed by atoms with E-state index < -0.39 is 8.60 Å². The molecule has 0 unspecified atom stereocenters. The van der Waals surface area contributed by atoms with Crippen LogP contribution in [-0.2, 0) is 13.6 Å². The van der Waals surface area contributed by atoms with Crippen LogP contribution in [0.1, 0.15) is 0 Å². The van der Waals surface area contributed by atoms with E-state index in [1.54, 1.807) is 0 Å². The molecule has 0 aromatic heterocycles. The van der Waals surface area contributed by atoms with Crippen LogP contribution in [0.5, 0.6) is 0 Å². The Kier molecular flexibility index (Phi) is 7.44. The number of rotatable bonds is 6. The van der Waals surface area contributed by atoms with Crippen molar-refractivity contribution in [2.45, 2.75) is 0 Å². The fourth-order valence-corrected chi connectivity index (χ4v) is 1.02. The van der Waals surface area contributed by atoms with Crippen molar-refractivity contribution in [3.8, 4) is 24.7 Å². The highest BCUT2D eigenvalue weighted by Gasteiger charge is 2.09. The third-order valence-electron chi connectivity index (χ3n) is 0.667. The standard InChI is InChI=1S/C8H9O3P/c1-4-7-10-12(9-6-3)11-8-5-2/h1-2,6H,3,7-8H2. The lowest BCUT2D eigenvalue weighted by Gasteiger charge is -2.10. The first-order valence-electron chi connectivity index (χ1n) is 3.05. The molecule has 3 nitrogen and oxygen atoms in total. The summed E-state index contributed by atoms with van der Waals surface area (Å²) in [5, 5.41) is 0. The second-order valence-corrected chi connectivity index (χ2v) is 2.63. The molecular weight excluding hydrogens is 175 g/mol. The molecule has 0 amide bonds. The molecule has 0 spiro atoms. The third-order valence-corrected chi connectivity index (χ3v) is 1.67. The van der Waals surface area contributed by atoms with E-state index in [9.17, 15) is 0 Å². The maximum absolute atomic E-state index is 4.96. The first-order valence-corrected chi connectivity index (χ1v) is 4.15. The molecule has 0 radical (unpaired) electrons. The smallest absolute Gasteiger partial charge is 0.398 e. The van der Waals surface area contributed by atoms with E-state index in [0.29, 0.717) is 0 Å². The summed E-state index contributed by atoms with van der Waals surface area (Å²) in [5.41, 5.74) is 0. The van der Waals surface area contributed by atoms with Crippen molar-refractivity contribution in [3.05, 3.63) is 12.8 Å². The Morgan fingerprint density at radius 1 is 1.25 bits per heavy atom. The summed E-state index contributed by atoms with van der Waals surface area (Å²) in [6.45, 7) is 3.61. The van der Waals surface area contributed by atoms with Gasteiger partial charge in [0.2, 0.25) is 0 Å². The van der Waals surface area contributed by atoms with E-state index in [1.807, 2.05) is 0 Å². The lowest BCUT2D eigenvalue weighted by Crippen LogP contribution is -1.92. The quantitative estimate of drug-likeness (QED) is 0.357. The van der Waals surface area contributed by atoms with E-state index in [2.05, 4.69) is 18.4 Å². The van der Waals surface area contributed by atoms with Crippen LogP contribution in [0.15, 0.2) is 12.8 Å². The molecule has 64 valence electrons. The lowest BCUT2D eigenvalue weighted by molar-refractivity contribution is 0.228. The van der Waals surface area contributed by atoms with Crippen LogP contribution in [-0.4, -0.2) is 13.2 Å². The molecule has 0 aliphatic heterocycles. The Balaban J connectivity index is 3.64. The molecule has 0 atom stereocenters. The summed E-state index contributed by atoms with van der Waals surface area (Å²) in [6, 6.07) is 0. The molecular formula is C8H9O3P. The van der Waals surface area contributed by atoms with E-state index in [4.69, 9.17) is 26.4 Å². The average molecular weight is 184 g/mol. The highest BCUT2D eigenvalue weighted by molar-refractivity contribution is 7.41. The Morgan fingerprint density at radius 3 is 2.08 bits per heavy atom. The van der Waals surface area contributed by atoms with Crippen LogP contribution in [0.4, 0.5) is 0 Å². The maximum Gasteiger partial charge on any atom is 0.398 e. The van der Waals surface area contributed by atoms with Crippen LogP contribution < -0.4 is 0 Å². The van der Waals surface area contributed by atoms with Gasteiger partial charge in [0.15, 0.2) is 0 Å². The SMILES string of the molecule is C#CCOP(OC=C)OCC#C. The molecule has 0 heterocycles. The predicted octanol–water partition coefficient (Wildman–Crippen LogP) is 1.67. The summed E-state index contributed by atoms with van der Waals surface area (Å²) >= 11 is 0. The van der Waals surface area contributed by atoms with Crippen LogP contribution >= 0.6 is 8.60 Å². The highest BCUT2D eigenvalue weighted by atomic mass is 31.2. The zero-order valence-corrected chi connectivity index (χ0v) is 7.42. The summed E-state index contributed by atoms with van der Waals surface area (Å²) < 4.78 is 14.7. The number of hydrogen-bond donors (Lipinski definition) is 0. The summed E-state index contributed by atoms with van der Waals surface area (Å²) in [5.74, 6) is 4.56. The molecule has 0 aliphatic rings. The van der Waals surface area contributed by atoms with Gasteiger partial charge in [0, 0.05) is 0 Å². The predicted molar refractivity (Wildman–Crippen MR) is 47.8 cm³/mol. The zero-order chi connectivity index (χ0) is 9.23. The number of terminal acetylenes is 2. The van der Waals surface area contributed by atoms with Gasteiger partial charge in [0.1, 0.15) is 13.2 Å². The minimum atomic E-state index is -1.48. The normalized spacial score (nSPS) is 8.58. The van der Waals surface area contributed by atoms with Crippen LogP contribution in [0.25, 0.3) is 0 Å². The van der Waals surface area contributed by atoms with Crippen molar-refractivity contribution < 1.29 is 13.6 Å². The van der Waals surface area contributed by atoms with Gasteiger partial charge < -0.3 is 4.52 Å². The molecule has 0 saturated heterocycles. The van der Waals surface area contributed by atoms with Crippen LogP contribution in [0, 0.1) is 24.7 Å². The molecule has 0 N–H and O–H groups in total. The van der Waals surface area contributed by atoms with Gasteiger partial charge >= 0.3 is 8.60 Å². The molecule has 0 bridgehead atoms. The van der Waals surface area contributed by atoms with Crippen LogP contribution in [0.3, 0.4) is 0 Å². The fourth-order valence-electron chi connectivity index (χ4n) is 0.339. The van der Waals surface area contributed by atoms with Gasteiger partial charge in [-0.15, -0.1) is 12.8 Å². The molecule has 0 aromatic carbocycles. The molecule has 12 heavy (non-hydrogen) atoms. The lowest BCUT2D eigenvalue weighted by atomic mass is 10.8. The second-order valence-electron chi connectivity index (χ2n) is 1.45. The van der Waals surface area contributed by atoms with Gasteiger partial charge in [0.25, 0.3) is 0 Å². The summed E-state index contributed by atoms with van der Waals surface area (Å²) in [4.78, 5) is 0. The van der Waals surface area contributed by atoms with E-state index in [1.165, 1.54) is 6.26 Å². The van der Waals surface area contributed by atoms with Gasteiger partial charge in [-0.1, -0.05) is 18.4 Å². The zero-order valence-electron chi connectivity index (χ0n) is 6.53. The fraction of sp³-hybridized carbons (Fsp3) is 0.250. The van der Waals surface area contributed by atoms with E-state index in [0.717, 1.165) is 0 Å². The van der Waals surface area contributed by atoms with Crippen molar-refractivity contribution in [3.63, 3.8) is 0 Å². The molecule has 0 aromatic rings. The van der Waals surface area contributed by atoms with Crippen molar-refractivity contribution in [1.29, 1.82) is 0 Å². The van der Waals surface area contributed by atoms with Gasteiger partial charge in [-0.2, -0.15) is 0 Å². The first kappa shape index (κ1) is 11.0. The number of hydrogen-bond acceptors (Lipinski definition) is 3. The third kappa shape index (κ3) is 5.77. The molecule has 0 aliphatic carbocycles. The monoisotopic (exact) mass is 184 g/mol. The highest BCUT2D eigenvalue weighted by Crippen LogP contribution is 2.39. The second kappa shape index (κ2) is 8.11. The largest absolute Gasteiger partial charge is 0.435 e. The molecule has 0 saturated carbocycles. The topological polar surface area (TPSA) is 27.7 Å². The maximum atomic E-state index is 4.96. The Bertz CT molecular complexity index is 183. The summed E-state index contributed by atoms with van der Waals surface area (Å²) in [6.07, 6.45) is 11.1. The van der Waals surface area contributed by atoms with Gasteiger partial charge in [-0.3, -0.25) is 9.05 Å². The molecule has 0 fully saturated rings. The Morgan fingerprint density at radius 2 is 1.75 bits per heavy atom. The van der Waals surface area contributed by atoms with Gasteiger partial charge in [0.05, 0.1) is 6.26 Å². The molecule has 4 heteroatoms. The van der Waals surface area contributed by atoms with Crippen molar-refractivity contribution in [2.75, 3.05) is 13.2 Å². The van der Waals surface area contributed by atoms with E-state index >= 15 is 0 Å². The van der Waals surface area contributed by atoms with E-state index in [-0.39, 0.29) is 13.2 Å². The van der Waals surface area contributed by atoms with Crippen molar-refractivity contribution in [1.82, 2.24) is 0 Å². The Labute approximate surface area is 73.7 Å². The van der Waals surface area contributed by atoms with Crippen molar-refractivity contribution in [2.24, 2.45) is 0 Å². The summed E-state index contributed by atoms with van der Waals surface area (Å²) in [7, 11) is -1.48. The van der Waals surface area contributed by atoms with Gasteiger partial charge in [-0.05, 0) is 0 Å². The van der Waals surface area contributed by atoms with Crippen molar-refractivity contribution >= 4 is 8.60 Å². The first-order chi connectivity index (χ1) is 5.85. The minimum Gasteiger partial charge on any atom is -0.435 e. The Hall–Kier alpha value is -0.990. The molecule has 0 rings (SSSR count). The minimum absolute atomic E-state index is 0.129. The van der Waals surface area contributed by atoms with Gasteiger partial charge in [-0.25, -0.2) is 0 Å². The van der Waals surface area contributed by atoms with Crippen LogP contribution in [0.2, 0.25) is 0 Å².